The number of nitrogen functional groups attached to an aromatic ring is 1. The van der Waals surface area contributed by atoms with Gasteiger partial charge in [-0.15, -0.1) is 0 Å². The SMILES string of the molecule is CC(C)(C)OC(=O)NCC(=Cc1cnc(N)nc1C(F)(F)F)B1OC(C)(C)C(C)(C)O1. The van der Waals surface area contributed by atoms with Gasteiger partial charge in [0.15, 0.2) is 5.69 Å². The first-order valence-corrected chi connectivity index (χ1v) is 9.64. The van der Waals surface area contributed by atoms with Crippen molar-refractivity contribution in [3.05, 3.63) is 22.9 Å². The molecule has 0 spiro atoms. The summed E-state index contributed by atoms with van der Waals surface area (Å²) in [7, 11) is -1.02. The number of nitrogens with zero attached hydrogens (tertiary/aromatic N) is 2. The number of anilines is 1. The van der Waals surface area contributed by atoms with Crippen molar-refractivity contribution in [2.24, 2.45) is 0 Å². The number of carbonyl (C=O) groups excluding carboxylic acids is 1. The Morgan fingerprint density at radius 1 is 1.23 bits per heavy atom. The van der Waals surface area contributed by atoms with Gasteiger partial charge >= 0.3 is 19.4 Å². The number of ether oxygens (including phenoxy) is 1. The van der Waals surface area contributed by atoms with E-state index in [0.29, 0.717) is 0 Å². The fourth-order valence-corrected chi connectivity index (χ4v) is 2.62. The van der Waals surface area contributed by atoms with E-state index in [1.165, 1.54) is 6.08 Å². The molecule has 1 aromatic heterocycles. The van der Waals surface area contributed by atoms with Crippen LogP contribution in [0.1, 0.15) is 59.7 Å². The molecule has 1 aliphatic rings. The average Bonchev–Trinajstić information content (AvgIpc) is 2.77. The number of aromatic nitrogens is 2. The molecule has 1 saturated heterocycles. The lowest BCUT2D eigenvalue weighted by Gasteiger charge is -2.32. The van der Waals surface area contributed by atoms with E-state index in [4.69, 9.17) is 19.8 Å². The van der Waals surface area contributed by atoms with Crippen LogP contribution in [0.4, 0.5) is 23.9 Å². The fraction of sp³-hybridized carbons (Fsp3) is 0.632. The number of halogens is 3. The van der Waals surface area contributed by atoms with Gasteiger partial charge in [0.2, 0.25) is 5.95 Å². The van der Waals surface area contributed by atoms with Crippen LogP contribution >= 0.6 is 0 Å². The van der Waals surface area contributed by atoms with Gasteiger partial charge in [0, 0.05) is 18.3 Å². The Balaban J connectivity index is 2.43. The minimum Gasteiger partial charge on any atom is -0.444 e. The number of amides is 1. The molecule has 1 amide bonds. The summed E-state index contributed by atoms with van der Waals surface area (Å²) in [5, 5.41) is 2.52. The number of alkyl halides is 3. The molecule has 0 saturated carbocycles. The van der Waals surface area contributed by atoms with E-state index in [0.717, 1.165) is 6.20 Å². The zero-order valence-electron chi connectivity index (χ0n) is 18.7. The van der Waals surface area contributed by atoms with Crippen LogP contribution in [0.2, 0.25) is 0 Å². The van der Waals surface area contributed by atoms with Gasteiger partial charge in [-0.25, -0.2) is 14.8 Å². The molecule has 172 valence electrons. The van der Waals surface area contributed by atoms with E-state index in [1.54, 1.807) is 48.5 Å². The van der Waals surface area contributed by atoms with Crippen LogP contribution < -0.4 is 11.1 Å². The summed E-state index contributed by atoms with van der Waals surface area (Å²) >= 11 is 0. The van der Waals surface area contributed by atoms with Crippen molar-refractivity contribution in [3.8, 4) is 0 Å². The summed E-state index contributed by atoms with van der Waals surface area (Å²) in [5.74, 6) is -0.506. The molecule has 2 rings (SSSR count). The van der Waals surface area contributed by atoms with E-state index >= 15 is 0 Å². The summed E-state index contributed by atoms with van der Waals surface area (Å²) < 4.78 is 57.5. The topological polar surface area (TPSA) is 109 Å². The third-order valence-electron chi connectivity index (χ3n) is 4.84. The summed E-state index contributed by atoms with van der Waals surface area (Å²) in [6, 6.07) is 0. The Labute approximate surface area is 179 Å². The smallest absolute Gasteiger partial charge is 0.444 e. The molecule has 1 fully saturated rings. The molecule has 3 N–H and O–H groups in total. The summed E-state index contributed by atoms with van der Waals surface area (Å²) in [5.41, 5.74) is 1.80. The number of rotatable bonds is 4. The molecule has 0 unspecified atom stereocenters. The zero-order valence-corrected chi connectivity index (χ0v) is 18.7. The molecule has 2 heterocycles. The van der Waals surface area contributed by atoms with Crippen molar-refractivity contribution in [2.75, 3.05) is 12.3 Å². The molecule has 0 aromatic carbocycles. The van der Waals surface area contributed by atoms with E-state index in [9.17, 15) is 18.0 Å². The number of carbonyl (C=O) groups is 1. The van der Waals surface area contributed by atoms with Crippen molar-refractivity contribution in [2.45, 2.75) is 71.4 Å². The van der Waals surface area contributed by atoms with Crippen LogP contribution in [0.5, 0.6) is 0 Å². The van der Waals surface area contributed by atoms with Gasteiger partial charge in [0.1, 0.15) is 5.60 Å². The van der Waals surface area contributed by atoms with Gasteiger partial charge in [-0.05, 0) is 53.9 Å². The maximum Gasteiger partial charge on any atom is 0.492 e. The molecule has 8 nitrogen and oxygen atoms in total. The maximum atomic E-state index is 13.5. The summed E-state index contributed by atoms with van der Waals surface area (Å²) in [6.45, 7) is 12.1. The average molecular weight is 444 g/mol. The Kier molecular flexibility index (Phi) is 6.68. The molecule has 1 aromatic rings. The standard InChI is InChI=1S/C19H28BF3N4O4/c1-16(2,3)29-15(28)26-10-12(20-30-17(4,5)18(6,7)31-20)8-11-9-25-14(24)27-13(11)19(21,22)23/h8-9H,10H2,1-7H3,(H,26,28)(H2,24,25,27). The molecular weight excluding hydrogens is 416 g/mol. The monoisotopic (exact) mass is 444 g/mol. The van der Waals surface area contributed by atoms with Gasteiger partial charge < -0.3 is 25.1 Å². The van der Waals surface area contributed by atoms with E-state index < -0.39 is 47.8 Å². The molecule has 0 atom stereocenters. The molecule has 0 aliphatic carbocycles. The molecule has 0 bridgehead atoms. The second-order valence-electron chi connectivity index (χ2n) is 9.19. The van der Waals surface area contributed by atoms with Gasteiger partial charge in [-0.1, -0.05) is 6.08 Å². The molecular formula is C19H28BF3N4O4. The highest BCUT2D eigenvalue weighted by Crippen LogP contribution is 2.39. The highest BCUT2D eigenvalue weighted by molar-refractivity contribution is 6.56. The fourth-order valence-electron chi connectivity index (χ4n) is 2.62. The first-order chi connectivity index (χ1) is 13.9. The zero-order chi connectivity index (χ0) is 23.8. The predicted molar refractivity (Wildman–Crippen MR) is 110 cm³/mol. The van der Waals surface area contributed by atoms with Crippen LogP contribution in [-0.2, 0) is 20.2 Å². The molecule has 0 radical (unpaired) electrons. The Hall–Kier alpha value is -2.34. The van der Waals surface area contributed by atoms with Crippen molar-refractivity contribution in [3.63, 3.8) is 0 Å². The van der Waals surface area contributed by atoms with E-state index in [1.807, 2.05) is 0 Å². The third kappa shape index (κ3) is 6.33. The molecule has 1 aliphatic heterocycles. The van der Waals surface area contributed by atoms with Crippen molar-refractivity contribution in [1.29, 1.82) is 0 Å². The highest BCUT2D eigenvalue weighted by Gasteiger charge is 2.52. The minimum atomic E-state index is -4.76. The summed E-state index contributed by atoms with van der Waals surface area (Å²) in [4.78, 5) is 19.1. The lowest BCUT2D eigenvalue weighted by Crippen LogP contribution is -2.41. The minimum absolute atomic E-state index is 0.187. The quantitative estimate of drug-likeness (QED) is 0.683. The predicted octanol–water partition coefficient (Wildman–Crippen LogP) is 3.62. The molecule has 31 heavy (non-hydrogen) atoms. The van der Waals surface area contributed by atoms with E-state index in [-0.39, 0.29) is 17.6 Å². The second-order valence-corrected chi connectivity index (χ2v) is 9.19. The number of nitrogens with two attached hydrogens (primary N) is 1. The van der Waals surface area contributed by atoms with Gasteiger partial charge in [0.05, 0.1) is 11.2 Å². The molecule has 12 heteroatoms. The largest absolute Gasteiger partial charge is 0.492 e. The lowest BCUT2D eigenvalue weighted by atomic mass is 9.77. The second kappa shape index (κ2) is 8.31. The van der Waals surface area contributed by atoms with Crippen molar-refractivity contribution >= 4 is 25.2 Å². The first-order valence-electron chi connectivity index (χ1n) is 9.64. The third-order valence-corrected chi connectivity index (χ3v) is 4.84. The number of hydrogen-bond acceptors (Lipinski definition) is 7. The Bertz CT molecular complexity index is 851. The van der Waals surface area contributed by atoms with Gasteiger partial charge in [-0.3, -0.25) is 0 Å². The van der Waals surface area contributed by atoms with Crippen LogP contribution in [0.3, 0.4) is 0 Å². The van der Waals surface area contributed by atoms with Crippen LogP contribution in [0.25, 0.3) is 6.08 Å². The maximum absolute atomic E-state index is 13.5. The number of alkyl carbamates (subject to hydrolysis) is 1. The highest BCUT2D eigenvalue weighted by atomic mass is 19.4. The first kappa shape index (κ1) is 24.9. The van der Waals surface area contributed by atoms with Gasteiger partial charge in [0.25, 0.3) is 0 Å². The van der Waals surface area contributed by atoms with Crippen LogP contribution in [-0.4, -0.2) is 46.5 Å². The Morgan fingerprint density at radius 2 is 1.77 bits per heavy atom. The lowest BCUT2D eigenvalue weighted by molar-refractivity contribution is -0.141. The number of nitrogens with one attached hydrogen (secondary N) is 1. The van der Waals surface area contributed by atoms with Crippen LogP contribution in [0.15, 0.2) is 11.7 Å². The van der Waals surface area contributed by atoms with E-state index in [2.05, 4.69) is 15.3 Å². The van der Waals surface area contributed by atoms with Crippen molar-refractivity contribution < 1.29 is 32.0 Å². The Morgan fingerprint density at radius 3 is 2.26 bits per heavy atom. The number of hydrogen-bond donors (Lipinski definition) is 2. The normalized spacial score (nSPS) is 18.8. The van der Waals surface area contributed by atoms with Crippen molar-refractivity contribution in [1.82, 2.24) is 15.3 Å². The summed E-state index contributed by atoms with van der Waals surface area (Å²) in [6.07, 6.45) is -3.35. The van der Waals surface area contributed by atoms with Gasteiger partial charge in [-0.2, -0.15) is 13.2 Å². The van der Waals surface area contributed by atoms with Crippen LogP contribution in [0, 0.1) is 0 Å².